The lowest BCUT2D eigenvalue weighted by Crippen LogP contribution is -2.35. The molecule has 8 nitrogen and oxygen atoms in total. The van der Waals surface area contributed by atoms with Crippen LogP contribution < -0.4 is 10.2 Å². The summed E-state index contributed by atoms with van der Waals surface area (Å²) < 4.78 is 10.9. The number of aldehydes is 1. The number of rotatable bonds is 8. The Hall–Kier alpha value is -2.29. The number of aryl methyl sites for hydroxylation is 1. The third-order valence-electron chi connectivity index (χ3n) is 4.40. The van der Waals surface area contributed by atoms with Gasteiger partial charge in [-0.25, -0.2) is 0 Å². The first-order valence-corrected chi connectivity index (χ1v) is 8.72. The lowest BCUT2D eigenvalue weighted by Gasteiger charge is -2.21. The van der Waals surface area contributed by atoms with Crippen molar-refractivity contribution >= 4 is 12.0 Å². The van der Waals surface area contributed by atoms with E-state index in [1.54, 1.807) is 6.92 Å². The van der Waals surface area contributed by atoms with Crippen molar-refractivity contribution in [3.05, 3.63) is 30.2 Å². The molecule has 26 heavy (non-hydrogen) atoms. The third-order valence-corrected chi connectivity index (χ3v) is 4.40. The average molecular weight is 359 g/mol. The Labute approximate surface area is 153 Å². The van der Waals surface area contributed by atoms with Crippen LogP contribution in [0.4, 0.5) is 5.69 Å². The Kier molecular flexibility index (Phi) is 5.97. The van der Waals surface area contributed by atoms with E-state index in [4.69, 9.17) is 9.26 Å². The Morgan fingerprint density at radius 3 is 2.77 bits per heavy atom. The molecule has 0 radical (unpaired) electrons. The molecule has 0 saturated carbocycles. The summed E-state index contributed by atoms with van der Waals surface area (Å²) in [5.41, 5.74) is 1.81. The molecule has 0 aliphatic carbocycles. The summed E-state index contributed by atoms with van der Waals surface area (Å²) >= 11 is 0. The van der Waals surface area contributed by atoms with Crippen molar-refractivity contribution < 1.29 is 14.1 Å². The predicted molar refractivity (Wildman–Crippen MR) is 98.0 cm³/mol. The largest absolute Gasteiger partial charge is 0.345 e. The molecule has 0 bridgehead atoms. The van der Waals surface area contributed by atoms with Gasteiger partial charge in [0.2, 0.25) is 11.7 Å². The molecule has 3 rings (SSSR count). The highest BCUT2D eigenvalue weighted by atomic mass is 16.5. The molecular formula is C18H25N5O3. The van der Waals surface area contributed by atoms with Gasteiger partial charge in [0.05, 0.1) is 6.10 Å². The molecule has 8 heteroatoms. The second-order valence-corrected chi connectivity index (χ2v) is 6.49. The van der Waals surface area contributed by atoms with Crippen molar-refractivity contribution in [2.45, 2.75) is 19.3 Å². The number of anilines is 1. The monoisotopic (exact) mass is 359 g/mol. The number of carbonyl (C=O) groups excluding carboxylic acids is 1. The normalized spacial score (nSPS) is 20.1. The van der Waals surface area contributed by atoms with Crippen molar-refractivity contribution in [3.8, 4) is 11.4 Å². The molecule has 1 aliphatic heterocycles. The molecule has 0 amide bonds. The molecule has 0 spiro atoms. The van der Waals surface area contributed by atoms with Gasteiger partial charge in [-0.3, -0.25) is 4.79 Å². The number of benzene rings is 1. The van der Waals surface area contributed by atoms with E-state index in [0.29, 0.717) is 18.3 Å². The lowest BCUT2D eigenvalue weighted by atomic mass is 10.2. The molecule has 140 valence electrons. The van der Waals surface area contributed by atoms with Gasteiger partial charge in [-0.05, 0) is 38.4 Å². The Morgan fingerprint density at radius 1 is 1.38 bits per heavy atom. The van der Waals surface area contributed by atoms with Crippen LogP contribution in [0.25, 0.3) is 11.4 Å². The van der Waals surface area contributed by atoms with Crippen LogP contribution in [-0.2, 0) is 9.53 Å². The highest BCUT2D eigenvalue weighted by Crippen LogP contribution is 2.26. The first-order chi connectivity index (χ1) is 12.6. The number of nitrogens with one attached hydrogen (secondary N) is 1. The summed E-state index contributed by atoms with van der Waals surface area (Å²) in [6.45, 7) is 5.06. The smallest absolute Gasteiger partial charge is 0.223 e. The Balaban J connectivity index is 1.66. The van der Waals surface area contributed by atoms with Gasteiger partial charge in [0, 0.05) is 44.4 Å². The molecule has 1 fully saturated rings. The van der Waals surface area contributed by atoms with Crippen molar-refractivity contribution in [1.29, 1.82) is 0 Å². The van der Waals surface area contributed by atoms with Gasteiger partial charge in [0.1, 0.15) is 0 Å². The summed E-state index contributed by atoms with van der Waals surface area (Å²) in [6.07, 6.45) is 0.284. The van der Waals surface area contributed by atoms with Gasteiger partial charge >= 0.3 is 0 Å². The van der Waals surface area contributed by atoms with Gasteiger partial charge < -0.3 is 24.4 Å². The number of ether oxygens (including phenoxy) is 1. The number of aromatic nitrogens is 2. The van der Waals surface area contributed by atoms with E-state index in [2.05, 4.69) is 27.4 Å². The van der Waals surface area contributed by atoms with Gasteiger partial charge in [-0.1, -0.05) is 5.16 Å². The van der Waals surface area contributed by atoms with Crippen LogP contribution in [0.3, 0.4) is 0 Å². The molecule has 1 N–H and O–H groups in total. The van der Waals surface area contributed by atoms with E-state index < -0.39 is 6.23 Å². The zero-order chi connectivity index (χ0) is 18.5. The van der Waals surface area contributed by atoms with Crippen LogP contribution in [0.2, 0.25) is 0 Å². The molecule has 1 aromatic carbocycles. The maximum Gasteiger partial charge on any atom is 0.223 e. The number of carbonyl (C=O) groups is 1. The summed E-state index contributed by atoms with van der Waals surface area (Å²) in [7, 11) is 3.99. The minimum Gasteiger partial charge on any atom is -0.345 e. The van der Waals surface area contributed by atoms with Crippen LogP contribution >= 0.6 is 0 Å². The van der Waals surface area contributed by atoms with Crippen LogP contribution in [0, 0.1) is 6.92 Å². The molecule has 1 saturated heterocycles. The van der Waals surface area contributed by atoms with E-state index in [1.807, 2.05) is 36.2 Å². The van der Waals surface area contributed by atoms with Crippen LogP contribution in [0.5, 0.6) is 0 Å². The lowest BCUT2D eigenvalue weighted by molar-refractivity contribution is -0.117. The second kappa shape index (κ2) is 8.39. The predicted octanol–water partition coefficient (Wildman–Crippen LogP) is 0.926. The molecule has 2 atom stereocenters. The van der Waals surface area contributed by atoms with Gasteiger partial charge in [-0.15, -0.1) is 0 Å². The summed E-state index contributed by atoms with van der Waals surface area (Å²) in [5.74, 6) is 1.09. The fourth-order valence-corrected chi connectivity index (χ4v) is 3.06. The third kappa shape index (κ3) is 4.27. The summed E-state index contributed by atoms with van der Waals surface area (Å²) in [5, 5.41) is 7.05. The maximum absolute atomic E-state index is 11.5. The fraction of sp³-hybridized carbons (Fsp3) is 0.500. The average Bonchev–Trinajstić information content (AvgIpc) is 3.26. The molecule has 2 aromatic rings. The van der Waals surface area contributed by atoms with Crippen LogP contribution in [0.15, 0.2) is 28.8 Å². The minimum absolute atomic E-state index is 0.00779. The molecule has 1 aliphatic rings. The van der Waals surface area contributed by atoms with E-state index >= 15 is 0 Å². The number of hydrogen-bond donors (Lipinski definition) is 1. The van der Waals surface area contributed by atoms with Gasteiger partial charge in [0.15, 0.2) is 12.5 Å². The van der Waals surface area contributed by atoms with Crippen LogP contribution in [-0.4, -0.2) is 73.9 Å². The first-order valence-electron chi connectivity index (χ1n) is 8.72. The van der Waals surface area contributed by atoms with Crippen molar-refractivity contribution in [3.63, 3.8) is 0 Å². The fourth-order valence-electron chi connectivity index (χ4n) is 3.06. The zero-order valence-corrected chi connectivity index (χ0v) is 15.4. The molecular weight excluding hydrogens is 334 g/mol. The Bertz CT molecular complexity index is 718. The highest BCUT2D eigenvalue weighted by molar-refractivity contribution is 5.67. The summed E-state index contributed by atoms with van der Waals surface area (Å²) in [6, 6.07) is 7.75. The van der Waals surface area contributed by atoms with E-state index in [1.165, 1.54) is 0 Å². The van der Waals surface area contributed by atoms with Crippen molar-refractivity contribution in [2.75, 3.05) is 45.2 Å². The number of likely N-dealkylation sites (N-methyl/N-ethyl adjacent to an activating group) is 2. The topological polar surface area (TPSA) is 83.7 Å². The molecule has 1 aromatic heterocycles. The first kappa shape index (κ1) is 18.5. The maximum atomic E-state index is 11.5. The molecule has 2 unspecified atom stereocenters. The number of hydrogen-bond acceptors (Lipinski definition) is 8. The quantitative estimate of drug-likeness (QED) is 0.697. The minimum atomic E-state index is -0.559. The van der Waals surface area contributed by atoms with Gasteiger partial charge in [0.25, 0.3) is 0 Å². The van der Waals surface area contributed by atoms with E-state index in [0.717, 1.165) is 37.2 Å². The van der Waals surface area contributed by atoms with Crippen molar-refractivity contribution in [1.82, 2.24) is 20.4 Å². The van der Waals surface area contributed by atoms with Crippen LogP contribution in [0.1, 0.15) is 5.89 Å². The number of nitrogens with zero attached hydrogens (tertiary/aromatic N) is 4. The zero-order valence-electron chi connectivity index (χ0n) is 15.4. The summed E-state index contributed by atoms with van der Waals surface area (Å²) in [4.78, 5) is 19.9. The van der Waals surface area contributed by atoms with Crippen molar-refractivity contribution in [2.24, 2.45) is 0 Å². The molecule has 2 heterocycles. The standard InChI is InChI=1S/C18H25N5O3/c1-13-20-18(21-26-13)14-4-6-15(7-5-14)23-11-16(25-17(23)12-24)10-22(3)9-8-19-2/h4-7,12,16-17,19H,8-11H2,1-3H3. The SMILES string of the molecule is CNCCN(C)CC1CN(c2ccc(-c3noc(C)n3)cc2)C(C=O)O1. The van der Waals surface area contributed by atoms with E-state index in [9.17, 15) is 4.79 Å². The van der Waals surface area contributed by atoms with E-state index in [-0.39, 0.29) is 6.10 Å². The second-order valence-electron chi connectivity index (χ2n) is 6.49. The highest BCUT2D eigenvalue weighted by Gasteiger charge is 2.33. The van der Waals surface area contributed by atoms with Gasteiger partial charge in [-0.2, -0.15) is 4.98 Å². The Morgan fingerprint density at radius 2 is 2.15 bits per heavy atom.